The van der Waals surface area contributed by atoms with E-state index in [2.05, 4.69) is 0 Å². The van der Waals surface area contributed by atoms with E-state index in [-0.39, 0.29) is 5.57 Å². The van der Waals surface area contributed by atoms with Crippen LogP contribution in [-0.2, 0) is 0 Å². The molecule has 0 unspecified atom stereocenters. The molecule has 1 aliphatic carbocycles. The summed E-state index contributed by atoms with van der Waals surface area (Å²) in [5.41, 5.74) is 2.68. The molecule has 3 aromatic rings. The van der Waals surface area contributed by atoms with Crippen LogP contribution in [0, 0.1) is 0 Å². The summed E-state index contributed by atoms with van der Waals surface area (Å²) in [6.45, 7) is 0. The second kappa shape index (κ2) is 6.75. The van der Waals surface area contributed by atoms with E-state index < -0.39 is 11.7 Å². The van der Waals surface area contributed by atoms with Gasteiger partial charge in [0.15, 0.2) is 0 Å². The summed E-state index contributed by atoms with van der Waals surface area (Å²) in [5, 5.41) is 0.537. The van der Waals surface area contributed by atoms with Crippen molar-refractivity contribution in [3.05, 3.63) is 112 Å². The fraction of sp³-hybridized carbons (Fsp3) is 0.0435. The highest BCUT2D eigenvalue weighted by Crippen LogP contribution is 2.48. The lowest BCUT2D eigenvalue weighted by atomic mass is 9.87. The highest BCUT2D eigenvalue weighted by molar-refractivity contribution is 6.30. The van der Waals surface area contributed by atoms with Crippen molar-refractivity contribution in [3.8, 4) is 0 Å². The molecule has 0 N–H and O–H groups in total. The van der Waals surface area contributed by atoms with Crippen LogP contribution in [0.3, 0.4) is 0 Å². The van der Waals surface area contributed by atoms with Crippen molar-refractivity contribution in [2.75, 3.05) is 0 Å². The van der Waals surface area contributed by atoms with Crippen LogP contribution in [0.4, 0.5) is 13.2 Å². The molecule has 0 bridgehead atoms. The first-order valence-electron chi connectivity index (χ1n) is 8.39. The average molecular weight is 383 g/mol. The lowest BCUT2D eigenvalue weighted by Gasteiger charge is -2.18. The molecule has 0 radical (unpaired) electrons. The highest BCUT2D eigenvalue weighted by atomic mass is 35.5. The van der Waals surface area contributed by atoms with Crippen LogP contribution in [-0.4, -0.2) is 6.18 Å². The third-order valence-electron chi connectivity index (χ3n) is 4.55. The number of fused-ring (bicyclic) bond motifs is 1. The van der Waals surface area contributed by atoms with Crippen LogP contribution < -0.4 is 0 Å². The van der Waals surface area contributed by atoms with Crippen molar-refractivity contribution in [3.63, 3.8) is 0 Å². The Morgan fingerprint density at radius 1 is 0.704 bits per heavy atom. The van der Waals surface area contributed by atoms with Crippen molar-refractivity contribution < 1.29 is 13.2 Å². The highest BCUT2D eigenvalue weighted by Gasteiger charge is 2.41. The van der Waals surface area contributed by atoms with Crippen LogP contribution in [0.25, 0.3) is 17.2 Å². The van der Waals surface area contributed by atoms with Gasteiger partial charge in [0.25, 0.3) is 0 Å². The van der Waals surface area contributed by atoms with E-state index in [1.807, 2.05) is 30.3 Å². The van der Waals surface area contributed by atoms with E-state index >= 15 is 0 Å². The number of alkyl halides is 3. The van der Waals surface area contributed by atoms with Gasteiger partial charge in [0.1, 0.15) is 0 Å². The zero-order valence-electron chi connectivity index (χ0n) is 14.1. The monoisotopic (exact) mass is 382 g/mol. The van der Waals surface area contributed by atoms with Gasteiger partial charge in [-0.1, -0.05) is 78.3 Å². The fourth-order valence-corrected chi connectivity index (χ4v) is 3.52. The second-order valence-electron chi connectivity index (χ2n) is 6.27. The molecule has 0 aliphatic heterocycles. The number of hydrogen-bond donors (Lipinski definition) is 0. The quantitative estimate of drug-likeness (QED) is 0.437. The first-order chi connectivity index (χ1) is 12.9. The van der Waals surface area contributed by atoms with E-state index in [9.17, 15) is 13.2 Å². The summed E-state index contributed by atoms with van der Waals surface area (Å²) in [5.74, 6) is 0. The molecule has 0 saturated heterocycles. The van der Waals surface area contributed by atoms with E-state index in [1.54, 1.807) is 48.5 Å². The molecular weight excluding hydrogens is 369 g/mol. The number of hydrogen-bond acceptors (Lipinski definition) is 0. The molecule has 27 heavy (non-hydrogen) atoms. The van der Waals surface area contributed by atoms with Crippen molar-refractivity contribution in [1.29, 1.82) is 0 Å². The van der Waals surface area contributed by atoms with E-state index in [0.717, 1.165) is 5.56 Å². The molecular formula is C23H14ClF3. The summed E-state index contributed by atoms with van der Waals surface area (Å²) in [6, 6.07) is 23.0. The summed E-state index contributed by atoms with van der Waals surface area (Å²) < 4.78 is 41.7. The Kier molecular flexibility index (Phi) is 4.40. The molecule has 4 heteroatoms. The minimum Gasteiger partial charge on any atom is -0.166 e. The summed E-state index contributed by atoms with van der Waals surface area (Å²) in [4.78, 5) is 0. The van der Waals surface area contributed by atoms with Gasteiger partial charge < -0.3 is 0 Å². The van der Waals surface area contributed by atoms with Crippen molar-refractivity contribution in [2.45, 2.75) is 6.18 Å². The van der Waals surface area contributed by atoms with Gasteiger partial charge in [-0.05, 0) is 46.0 Å². The maximum atomic E-state index is 13.9. The van der Waals surface area contributed by atoms with Gasteiger partial charge in [0.05, 0.1) is 5.57 Å². The van der Waals surface area contributed by atoms with Gasteiger partial charge in [0.2, 0.25) is 0 Å². The molecule has 0 fully saturated rings. The van der Waals surface area contributed by atoms with Crippen LogP contribution in [0.2, 0.25) is 5.02 Å². The van der Waals surface area contributed by atoms with Gasteiger partial charge in [-0.3, -0.25) is 0 Å². The Morgan fingerprint density at radius 2 is 1.30 bits per heavy atom. The Hall–Kier alpha value is -2.78. The largest absolute Gasteiger partial charge is 0.417 e. The normalized spacial score (nSPS) is 15.3. The Balaban J connectivity index is 2.09. The molecule has 0 atom stereocenters. The van der Waals surface area contributed by atoms with Gasteiger partial charge in [-0.25, -0.2) is 0 Å². The van der Waals surface area contributed by atoms with Gasteiger partial charge in [-0.15, -0.1) is 0 Å². The topological polar surface area (TPSA) is 0 Å². The molecule has 134 valence electrons. The van der Waals surface area contributed by atoms with Crippen LogP contribution in [0.5, 0.6) is 0 Å². The molecule has 0 amide bonds. The molecule has 1 aliphatic rings. The van der Waals surface area contributed by atoms with Gasteiger partial charge in [-0.2, -0.15) is 13.2 Å². The molecule has 0 heterocycles. The van der Waals surface area contributed by atoms with E-state index in [4.69, 9.17) is 11.6 Å². The molecule has 0 saturated carbocycles. The lowest BCUT2D eigenvalue weighted by molar-refractivity contribution is -0.0859. The maximum Gasteiger partial charge on any atom is 0.417 e. The number of allylic oxidation sites excluding steroid dienone is 2. The van der Waals surface area contributed by atoms with Crippen LogP contribution >= 0.6 is 11.6 Å². The SMILES string of the molecule is FC(F)(F)C1=Cc2ccccc2/C1=C(\c1ccccc1)c1ccc(Cl)cc1. The van der Waals surface area contributed by atoms with E-state index in [0.29, 0.717) is 27.3 Å². The Bertz CT molecular complexity index is 1040. The van der Waals surface area contributed by atoms with Crippen molar-refractivity contribution in [2.24, 2.45) is 0 Å². The van der Waals surface area contributed by atoms with Crippen LogP contribution in [0.15, 0.2) is 84.4 Å². The Labute approximate surface area is 160 Å². The fourth-order valence-electron chi connectivity index (χ4n) is 3.39. The lowest BCUT2D eigenvalue weighted by Crippen LogP contribution is -2.12. The Morgan fingerprint density at radius 3 is 1.96 bits per heavy atom. The maximum absolute atomic E-state index is 13.9. The first-order valence-corrected chi connectivity index (χ1v) is 8.77. The molecule has 4 rings (SSSR count). The predicted molar refractivity (Wildman–Crippen MR) is 104 cm³/mol. The zero-order chi connectivity index (χ0) is 19.0. The smallest absolute Gasteiger partial charge is 0.166 e. The summed E-state index contributed by atoms with van der Waals surface area (Å²) in [7, 11) is 0. The third-order valence-corrected chi connectivity index (χ3v) is 4.80. The molecule has 0 nitrogen and oxygen atoms in total. The minimum absolute atomic E-state index is 0.201. The third kappa shape index (κ3) is 3.31. The molecule has 3 aromatic carbocycles. The van der Waals surface area contributed by atoms with Crippen molar-refractivity contribution in [1.82, 2.24) is 0 Å². The molecule has 0 spiro atoms. The zero-order valence-corrected chi connectivity index (χ0v) is 14.9. The number of rotatable bonds is 2. The second-order valence-corrected chi connectivity index (χ2v) is 6.70. The predicted octanol–water partition coefficient (Wildman–Crippen LogP) is 7.26. The average Bonchev–Trinajstić information content (AvgIpc) is 3.04. The van der Waals surface area contributed by atoms with Gasteiger partial charge in [0, 0.05) is 10.6 Å². The molecule has 0 aromatic heterocycles. The number of benzene rings is 3. The first kappa shape index (κ1) is 17.6. The van der Waals surface area contributed by atoms with Crippen molar-refractivity contribution >= 4 is 28.8 Å². The summed E-state index contributed by atoms with van der Waals surface area (Å²) in [6.07, 6.45) is -3.23. The standard InChI is InChI=1S/C23H14ClF3/c24-18-12-10-16(11-13-18)21(15-6-2-1-3-7-15)22-19-9-5-4-8-17(19)14-20(22)23(25,26)27/h1-14H/b22-21-. The van der Waals surface area contributed by atoms with Gasteiger partial charge >= 0.3 is 6.18 Å². The summed E-state index contributed by atoms with van der Waals surface area (Å²) >= 11 is 6.00. The van der Waals surface area contributed by atoms with E-state index in [1.165, 1.54) is 6.08 Å². The van der Waals surface area contributed by atoms with Crippen LogP contribution in [0.1, 0.15) is 22.3 Å². The number of halogens is 4. The minimum atomic E-state index is -4.46.